The molecule has 0 saturated carbocycles. The van der Waals surface area contributed by atoms with E-state index in [4.69, 9.17) is 0 Å². The van der Waals surface area contributed by atoms with E-state index in [0.29, 0.717) is 5.39 Å². The molecule has 1 aromatic heterocycles. The number of phenolic OH excluding ortho intramolecular Hbond substituents is 2. The van der Waals surface area contributed by atoms with Crippen molar-refractivity contribution in [2.45, 2.75) is 6.54 Å². The number of aromatic hydroxyl groups is 2. The Morgan fingerprint density at radius 3 is 2.58 bits per heavy atom. The third-order valence-corrected chi connectivity index (χ3v) is 4.15. The predicted molar refractivity (Wildman–Crippen MR) is 97.4 cm³/mol. The molecule has 0 radical (unpaired) electrons. The van der Waals surface area contributed by atoms with Gasteiger partial charge in [0, 0.05) is 30.7 Å². The summed E-state index contributed by atoms with van der Waals surface area (Å²) in [5.41, 5.74) is 0.923. The van der Waals surface area contributed by atoms with Crippen molar-refractivity contribution in [1.82, 2.24) is 9.88 Å². The van der Waals surface area contributed by atoms with Crippen LogP contribution in [0.3, 0.4) is 0 Å². The zero-order valence-corrected chi connectivity index (χ0v) is 14.1. The maximum Gasteiger partial charge on any atom is 0.258 e. The van der Waals surface area contributed by atoms with Crippen molar-refractivity contribution in [2.75, 3.05) is 7.05 Å². The first-order valence-corrected chi connectivity index (χ1v) is 7.89. The molecule has 3 rings (SSSR count). The maximum atomic E-state index is 13.0. The third kappa shape index (κ3) is 2.97. The molecule has 2 N–H and O–H groups in total. The lowest BCUT2D eigenvalue weighted by atomic mass is 9.99. The first kappa shape index (κ1) is 17.4. The molecular weight excluding hydrogens is 335 g/mol. The van der Waals surface area contributed by atoms with Crippen LogP contribution in [0.5, 0.6) is 11.5 Å². The van der Waals surface area contributed by atoms with Crippen molar-refractivity contribution in [2.24, 2.45) is 0 Å². The molecule has 0 aliphatic rings. The number of aromatic nitrogens is 1. The number of halogens is 1. The Morgan fingerprint density at radius 2 is 1.92 bits per heavy atom. The Kier molecular flexibility index (Phi) is 4.58. The summed E-state index contributed by atoms with van der Waals surface area (Å²) in [7, 11) is 1.55. The van der Waals surface area contributed by atoms with E-state index >= 15 is 0 Å². The zero-order valence-electron chi connectivity index (χ0n) is 14.1. The lowest BCUT2D eigenvalue weighted by molar-refractivity contribution is 0.0781. The quantitative estimate of drug-likeness (QED) is 0.702. The molecule has 0 aliphatic heterocycles. The Morgan fingerprint density at radius 1 is 1.23 bits per heavy atom. The summed E-state index contributed by atoms with van der Waals surface area (Å²) in [4.78, 5) is 18.3. The van der Waals surface area contributed by atoms with Crippen LogP contribution in [0.15, 0.2) is 49.2 Å². The molecule has 132 valence electrons. The van der Waals surface area contributed by atoms with Gasteiger partial charge in [-0.1, -0.05) is 24.8 Å². The van der Waals surface area contributed by atoms with Gasteiger partial charge in [-0.15, -0.1) is 0 Å². The highest BCUT2D eigenvalue weighted by Gasteiger charge is 2.25. The number of amides is 1. The van der Waals surface area contributed by atoms with Gasteiger partial charge in [-0.2, -0.15) is 0 Å². The lowest BCUT2D eigenvalue weighted by Crippen LogP contribution is -2.27. The summed E-state index contributed by atoms with van der Waals surface area (Å²) in [6.45, 7) is 3.84. The molecule has 0 saturated heterocycles. The maximum absolute atomic E-state index is 13.0. The van der Waals surface area contributed by atoms with Crippen LogP contribution in [0.2, 0.25) is 0 Å². The van der Waals surface area contributed by atoms with E-state index in [0.717, 1.165) is 5.56 Å². The molecule has 2 aromatic carbocycles. The fourth-order valence-corrected chi connectivity index (χ4v) is 2.84. The SMILES string of the molecule is C=Cc1c(C(=O)N(C)Cc2ccc(F)cc2)c(O)c2ncccc2c1O. The first-order valence-electron chi connectivity index (χ1n) is 7.89. The highest BCUT2D eigenvalue weighted by atomic mass is 19.1. The van der Waals surface area contributed by atoms with Gasteiger partial charge in [-0.05, 0) is 29.8 Å². The van der Waals surface area contributed by atoms with Crippen LogP contribution in [0.4, 0.5) is 4.39 Å². The van der Waals surface area contributed by atoms with Crippen LogP contribution in [0.1, 0.15) is 21.5 Å². The summed E-state index contributed by atoms with van der Waals surface area (Å²) < 4.78 is 13.0. The minimum atomic E-state index is -0.510. The number of carbonyl (C=O) groups excluding carboxylic acids is 1. The second-order valence-corrected chi connectivity index (χ2v) is 5.88. The van der Waals surface area contributed by atoms with Crippen molar-refractivity contribution < 1.29 is 19.4 Å². The fourth-order valence-electron chi connectivity index (χ4n) is 2.84. The first-order chi connectivity index (χ1) is 12.4. The summed E-state index contributed by atoms with van der Waals surface area (Å²) in [6, 6.07) is 9.00. The topological polar surface area (TPSA) is 73.7 Å². The second-order valence-electron chi connectivity index (χ2n) is 5.88. The monoisotopic (exact) mass is 352 g/mol. The van der Waals surface area contributed by atoms with Gasteiger partial charge in [-0.25, -0.2) is 4.39 Å². The molecule has 6 heteroatoms. The highest BCUT2D eigenvalue weighted by Crippen LogP contribution is 2.39. The molecule has 0 unspecified atom stereocenters. The molecule has 0 spiro atoms. The number of nitrogens with zero attached hydrogens (tertiary/aromatic N) is 2. The molecule has 5 nitrogen and oxygen atoms in total. The molecule has 1 heterocycles. The van der Waals surface area contributed by atoms with Crippen molar-refractivity contribution in [3.8, 4) is 11.5 Å². The van der Waals surface area contributed by atoms with E-state index in [1.54, 1.807) is 31.3 Å². The van der Waals surface area contributed by atoms with Crippen LogP contribution in [0.25, 0.3) is 17.0 Å². The van der Waals surface area contributed by atoms with Gasteiger partial charge in [0.05, 0.1) is 5.56 Å². The molecule has 26 heavy (non-hydrogen) atoms. The van der Waals surface area contributed by atoms with E-state index < -0.39 is 5.91 Å². The minimum Gasteiger partial charge on any atom is -0.507 e. The molecular formula is C20H17FN2O3. The molecule has 0 bridgehead atoms. The van der Waals surface area contributed by atoms with Gasteiger partial charge >= 0.3 is 0 Å². The largest absolute Gasteiger partial charge is 0.507 e. The predicted octanol–water partition coefficient (Wildman–Crippen LogP) is 3.70. The van der Waals surface area contributed by atoms with E-state index in [-0.39, 0.29) is 40.5 Å². The number of hydrogen-bond acceptors (Lipinski definition) is 4. The number of carbonyl (C=O) groups is 1. The Bertz CT molecular complexity index is 1000. The average Bonchev–Trinajstić information content (AvgIpc) is 2.65. The molecule has 0 aliphatic carbocycles. The minimum absolute atomic E-state index is 0.0756. The van der Waals surface area contributed by atoms with Gasteiger partial charge in [0.1, 0.15) is 17.1 Å². The number of rotatable bonds is 4. The van der Waals surface area contributed by atoms with Crippen LogP contribution < -0.4 is 0 Å². The summed E-state index contributed by atoms with van der Waals surface area (Å²) in [6.07, 6.45) is 2.78. The van der Waals surface area contributed by atoms with E-state index in [1.165, 1.54) is 29.3 Å². The van der Waals surface area contributed by atoms with Crippen molar-refractivity contribution in [3.63, 3.8) is 0 Å². The van der Waals surface area contributed by atoms with Crippen LogP contribution >= 0.6 is 0 Å². The van der Waals surface area contributed by atoms with Gasteiger partial charge in [-0.3, -0.25) is 9.78 Å². The van der Waals surface area contributed by atoms with Gasteiger partial charge in [0.2, 0.25) is 0 Å². The van der Waals surface area contributed by atoms with Crippen LogP contribution in [-0.2, 0) is 6.54 Å². The summed E-state index contributed by atoms with van der Waals surface area (Å²) in [5.74, 6) is -1.35. The Labute approximate surface area is 149 Å². The van der Waals surface area contributed by atoms with Crippen LogP contribution in [0, 0.1) is 5.82 Å². The fraction of sp³-hybridized carbons (Fsp3) is 0.100. The van der Waals surface area contributed by atoms with Gasteiger partial charge in [0.25, 0.3) is 5.91 Å². The molecule has 0 atom stereocenters. The summed E-state index contributed by atoms with van der Waals surface area (Å²) >= 11 is 0. The lowest BCUT2D eigenvalue weighted by Gasteiger charge is -2.20. The Hall–Kier alpha value is -3.41. The van der Waals surface area contributed by atoms with Crippen molar-refractivity contribution in [3.05, 3.63) is 71.7 Å². The second kappa shape index (κ2) is 6.84. The number of hydrogen-bond donors (Lipinski definition) is 2. The van der Waals surface area contributed by atoms with Crippen molar-refractivity contribution >= 4 is 22.9 Å². The number of fused-ring (bicyclic) bond motifs is 1. The summed E-state index contributed by atoms with van der Waals surface area (Å²) in [5, 5.41) is 21.4. The third-order valence-electron chi connectivity index (χ3n) is 4.15. The van der Waals surface area contributed by atoms with Gasteiger partial charge < -0.3 is 15.1 Å². The van der Waals surface area contributed by atoms with E-state index in [2.05, 4.69) is 11.6 Å². The standard InChI is InChI=1S/C20H17FN2O3/c1-3-14-16(19(25)17-15(18(14)24)5-4-10-22-17)20(26)23(2)11-12-6-8-13(21)9-7-12/h3-10,24-25H,1,11H2,2H3. The van der Waals surface area contributed by atoms with Gasteiger partial charge in [0.15, 0.2) is 5.75 Å². The number of pyridine rings is 1. The molecule has 1 amide bonds. The smallest absolute Gasteiger partial charge is 0.258 e. The van der Waals surface area contributed by atoms with E-state index in [9.17, 15) is 19.4 Å². The number of phenols is 2. The normalized spacial score (nSPS) is 10.7. The van der Waals surface area contributed by atoms with E-state index in [1.807, 2.05) is 0 Å². The number of benzene rings is 2. The molecule has 3 aromatic rings. The Balaban J connectivity index is 2.05. The highest BCUT2D eigenvalue weighted by molar-refractivity contribution is 6.08. The zero-order chi connectivity index (χ0) is 18.8. The van der Waals surface area contributed by atoms with Crippen molar-refractivity contribution in [1.29, 1.82) is 0 Å². The average molecular weight is 352 g/mol. The van der Waals surface area contributed by atoms with Crippen LogP contribution in [-0.4, -0.2) is 33.1 Å². The molecule has 0 fully saturated rings.